The quantitative estimate of drug-likeness (QED) is 0.901. The maximum Gasteiger partial charge on any atom is 0.271 e. The number of hydrogen-bond donors (Lipinski definition) is 1. The number of nitrogens with zero attached hydrogens (tertiary/aromatic N) is 2. The Bertz CT molecular complexity index is 678. The Morgan fingerprint density at radius 1 is 1.33 bits per heavy atom. The molecular weight excluding hydrogens is 325 g/mol. The van der Waals surface area contributed by atoms with Gasteiger partial charge in [-0.3, -0.25) is 9.69 Å². The van der Waals surface area contributed by atoms with Gasteiger partial charge >= 0.3 is 0 Å². The number of aromatic nitrogens is 1. The summed E-state index contributed by atoms with van der Waals surface area (Å²) >= 11 is 1.53. The standard InChI is InChI=1S/C18H22FN3OS/c1-13-6-8-22(9-7-13)11-17-21-16(12-24-17)18(23)20-10-14-2-4-15(19)5-3-14/h2-5,12-13H,6-11H2,1H3,(H,20,23). The third-order valence-corrected chi connectivity index (χ3v) is 5.22. The average Bonchev–Trinajstić information content (AvgIpc) is 3.05. The van der Waals surface area contributed by atoms with Crippen molar-refractivity contribution in [3.63, 3.8) is 0 Å². The van der Waals surface area contributed by atoms with Gasteiger partial charge in [0, 0.05) is 11.9 Å². The maximum atomic E-state index is 12.9. The van der Waals surface area contributed by atoms with Crippen LogP contribution in [0.15, 0.2) is 29.6 Å². The SMILES string of the molecule is CC1CCN(Cc2nc(C(=O)NCc3ccc(F)cc3)cs2)CC1. The van der Waals surface area contributed by atoms with Crippen LogP contribution in [0.3, 0.4) is 0 Å². The fraction of sp³-hybridized carbons (Fsp3) is 0.444. The number of carbonyl (C=O) groups excluding carboxylic acids is 1. The molecule has 0 saturated carbocycles. The van der Waals surface area contributed by atoms with Crippen LogP contribution in [0, 0.1) is 11.7 Å². The van der Waals surface area contributed by atoms with E-state index in [-0.39, 0.29) is 11.7 Å². The molecule has 128 valence electrons. The zero-order valence-corrected chi connectivity index (χ0v) is 14.6. The molecule has 24 heavy (non-hydrogen) atoms. The van der Waals surface area contributed by atoms with Crippen molar-refractivity contribution in [2.45, 2.75) is 32.9 Å². The summed E-state index contributed by atoms with van der Waals surface area (Å²) in [4.78, 5) is 19.0. The van der Waals surface area contributed by atoms with Crippen molar-refractivity contribution in [2.24, 2.45) is 5.92 Å². The van der Waals surface area contributed by atoms with Crippen LogP contribution in [-0.4, -0.2) is 28.9 Å². The zero-order chi connectivity index (χ0) is 16.9. The van der Waals surface area contributed by atoms with Gasteiger partial charge in [-0.1, -0.05) is 19.1 Å². The number of benzene rings is 1. The van der Waals surface area contributed by atoms with E-state index in [0.29, 0.717) is 12.2 Å². The Morgan fingerprint density at radius 2 is 2.04 bits per heavy atom. The zero-order valence-electron chi connectivity index (χ0n) is 13.8. The van der Waals surface area contributed by atoms with E-state index in [2.05, 4.69) is 22.1 Å². The van der Waals surface area contributed by atoms with E-state index in [4.69, 9.17) is 0 Å². The molecule has 0 aliphatic carbocycles. The van der Waals surface area contributed by atoms with Crippen molar-refractivity contribution in [1.29, 1.82) is 0 Å². The summed E-state index contributed by atoms with van der Waals surface area (Å²) < 4.78 is 12.9. The predicted molar refractivity (Wildman–Crippen MR) is 93.4 cm³/mol. The molecule has 0 unspecified atom stereocenters. The molecule has 1 aliphatic heterocycles. The Kier molecular flexibility index (Phi) is 5.58. The lowest BCUT2D eigenvalue weighted by molar-refractivity contribution is 0.0946. The second kappa shape index (κ2) is 7.85. The highest BCUT2D eigenvalue weighted by Crippen LogP contribution is 2.19. The van der Waals surface area contributed by atoms with E-state index in [0.717, 1.165) is 36.1 Å². The van der Waals surface area contributed by atoms with Gasteiger partial charge in [0.25, 0.3) is 5.91 Å². The summed E-state index contributed by atoms with van der Waals surface area (Å²) in [6.07, 6.45) is 2.47. The number of rotatable bonds is 5. The van der Waals surface area contributed by atoms with Crippen LogP contribution in [0.4, 0.5) is 4.39 Å². The van der Waals surface area contributed by atoms with Crippen LogP contribution in [0.1, 0.15) is 40.8 Å². The van der Waals surface area contributed by atoms with E-state index in [1.807, 2.05) is 5.38 Å². The Balaban J connectivity index is 1.50. The molecule has 2 heterocycles. The second-order valence-electron chi connectivity index (χ2n) is 6.39. The summed E-state index contributed by atoms with van der Waals surface area (Å²) in [5.41, 5.74) is 1.32. The molecule has 3 rings (SSSR count). The number of halogens is 1. The van der Waals surface area contributed by atoms with Crippen molar-refractivity contribution in [1.82, 2.24) is 15.2 Å². The highest BCUT2D eigenvalue weighted by atomic mass is 32.1. The predicted octanol–water partition coefficient (Wildman–Crippen LogP) is 3.44. The number of likely N-dealkylation sites (tertiary alicyclic amines) is 1. The molecule has 0 radical (unpaired) electrons. The highest BCUT2D eigenvalue weighted by molar-refractivity contribution is 7.09. The van der Waals surface area contributed by atoms with E-state index in [1.165, 1.54) is 36.3 Å². The molecule has 1 fully saturated rings. The topological polar surface area (TPSA) is 45.2 Å². The normalized spacial score (nSPS) is 16.2. The van der Waals surface area contributed by atoms with Gasteiger partial charge in [-0.2, -0.15) is 0 Å². The van der Waals surface area contributed by atoms with Crippen LogP contribution in [0.2, 0.25) is 0 Å². The molecule has 1 aromatic carbocycles. The van der Waals surface area contributed by atoms with E-state index >= 15 is 0 Å². The van der Waals surface area contributed by atoms with Gasteiger partial charge in [0.05, 0.1) is 6.54 Å². The molecule has 6 heteroatoms. The lowest BCUT2D eigenvalue weighted by atomic mass is 9.99. The number of amides is 1. The van der Waals surface area contributed by atoms with Crippen molar-refractivity contribution in [2.75, 3.05) is 13.1 Å². The third-order valence-electron chi connectivity index (χ3n) is 4.39. The third kappa shape index (κ3) is 4.61. The first-order valence-corrected chi connectivity index (χ1v) is 9.17. The smallest absolute Gasteiger partial charge is 0.271 e. The van der Waals surface area contributed by atoms with Crippen LogP contribution in [-0.2, 0) is 13.1 Å². The largest absolute Gasteiger partial charge is 0.347 e. The molecule has 0 spiro atoms. The van der Waals surface area contributed by atoms with Gasteiger partial charge in [0.15, 0.2) is 0 Å². The Hall–Kier alpha value is -1.79. The van der Waals surface area contributed by atoms with Gasteiger partial charge in [-0.15, -0.1) is 11.3 Å². The first kappa shape index (κ1) is 17.0. The maximum absolute atomic E-state index is 12.9. The van der Waals surface area contributed by atoms with Gasteiger partial charge in [-0.25, -0.2) is 9.37 Å². The fourth-order valence-corrected chi connectivity index (χ4v) is 3.59. The number of carbonyl (C=O) groups is 1. The van der Waals surface area contributed by atoms with Crippen LogP contribution < -0.4 is 5.32 Å². The Morgan fingerprint density at radius 3 is 2.75 bits per heavy atom. The first-order valence-electron chi connectivity index (χ1n) is 8.29. The summed E-state index contributed by atoms with van der Waals surface area (Å²) in [5.74, 6) is 0.348. The van der Waals surface area contributed by atoms with Crippen molar-refractivity contribution in [3.8, 4) is 0 Å². The van der Waals surface area contributed by atoms with Crippen LogP contribution in [0.25, 0.3) is 0 Å². The number of hydrogen-bond acceptors (Lipinski definition) is 4. The molecule has 0 bridgehead atoms. The molecule has 1 aromatic heterocycles. The minimum atomic E-state index is -0.277. The second-order valence-corrected chi connectivity index (χ2v) is 7.34. The lowest BCUT2D eigenvalue weighted by Crippen LogP contribution is -2.32. The Labute approximate surface area is 145 Å². The summed E-state index contributed by atoms with van der Waals surface area (Å²) in [6.45, 7) is 5.70. The van der Waals surface area contributed by atoms with Crippen molar-refractivity contribution in [3.05, 3.63) is 51.7 Å². The number of thiazole rings is 1. The van der Waals surface area contributed by atoms with Gasteiger partial charge in [0.1, 0.15) is 16.5 Å². The molecule has 1 saturated heterocycles. The fourth-order valence-electron chi connectivity index (χ4n) is 2.77. The summed E-state index contributed by atoms with van der Waals surface area (Å²) in [7, 11) is 0. The van der Waals surface area contributed by atoms with E-state index in [9.17, 15) is 9.18 Å². The van der Waals surface area contributed by atoms with Gasteiger partial charge < -0.3 is 5.32 Å². The summed E-state index contributed by atoms with van der Waals surface area (Å²) in [6, 6.07) is 6.11. The molecule has 2 aromatic rings. The van der Waals surface area contributed by atoms with E-state index < -0.39 is 0 Å². The van der Waals surface area contributed by atoms with Gasteiger partial charge in [0.2, 0.25) is 0 Å². The van der Waals surface area contributed by atoms with E-state index in [1.54, 1.807) is 12.1 Å². The highest BCUT2D eigenvalue weighted by Gasteiger charge is 2.18. The van der Waals surface area contributed by atoms with Gasteiger partial charge in [-0.05, 0) is 49.5 Å². The average molecular weight is 347 g/mol. The molecule has 1 N–H and O–H groups in total. The minimum Gasteiger partial charge on any atom is -0.347 e. The molecule has 1 amide bonds. The minimum absolute atomic E-state index is 0.186. The monoisotopic (exact) mass is 347 g/mol. The number of piperidine rings is 1. The number of nitrogens with one attached hydrogen (secondary N) is 1. The van der Waals surface area contributed by atoms with Crippen molar-refractivity contribution < 1.29 is 9.18 Å². The molecule has 4 nitrogen and oxygen atoms in total. The first-order chi connectivity index (χ1) is 11.6. The molecule has 1 aliphatic rings. The van der Waals surface area contributed by atoms with Crippen LogP contribution >= 0.6 is 11.3 Å². The van der Waals surface area contributed by atoms with Crippen LogP contribution in [0.5, 0.6) is 0 Å². The summed E-state index contributed by atoms with van der Waals surface area (Å²) in [5, 5.41) is 5.62. The van der Waals surface area contributed by atoms with Crippen molar-refractivity contribution >= 4 is 17.2 Å². The molecular formula is C18H22FN3OS. The lowest BCUT2D eigenvalue weighted by Gasteiger charge is -2.29. The molecule has 0 atom stereocenters.